The van der Waals surface area contributed by atoms with Gasteiger partial charge in [-0.2, -0.15) is 0 Å². The first kappa shape index (κ1) is 20.5. The predicted molar refractivity (Wildman–Crippen MR) is 106 cm³/mol. The molecule has 2 rings (SSSR count). The summed E-state index contributed by atoms with van der Waals surface area (Å²) in [5.74, 6) is 1.78. The second-order valence-corrected chi connectivity index (χ2v) is 6.64. The summed E-state index contributed by atoms with van der Waals surface area (Å²) in [5.41, 5.74) is 0. The number of aliphatic hydroxyl groups is 2. The molecule has 4 nitrogen and oxygen atoms in total. The second-order valence-electron chi connectivity index (χ2n) is 6.64. The Morgan fingerprint density at radius 2 is 1.00 bits per heavy atom. The summed E-state index contributed by atoms with van der Waals surface area (Å²) in [4.78, 5) is 0. The van der Waals surface area contributed by atoms with Crippen molar-refractivity contribution >= 4 is 10.8 Å². The lowest BCUT2D eigenvalue weighted by molar-refractivity contribution is 0.273. The number of rotatable bonds is 14. The molecule has 0 aliphatic heterocycles. The SMILES string of the molecule is OCCCCCCOc1ccc2ccc(OCCCCCCO)cc2c1. The van der Waals surface area contributed by atoms with Crippen LogP contribution in [0.4, 0.5) is 0 Å². The molecule has 4 heteroatoms. The minimum Gasteiger partial charge on any atom is -0.494 e. The molecule has 0 amide bonds. The van der Waals surface area contributed by atoms with Crippen molar-refractivity contribution < 1.29 is 19.7 Å². The summed E-state index contributed by atoms with van der Waals surface area (Å²) in [5, 5.41) is 19.9. The van der Waals surface area contributed by atoms with E-state index < -0.39 is 0 Å². The van der Waals surface area contributed by atoms with Crippen LogP contribution in [-0.2, 0) is 0 Å². The highest BCUT2D eigenvalue weighted by Gasteiger charge is 2.01. The van der Waals surface area contributed by atoms with Gasteiger partial charge < -0.3 is 19.7 Å². The fourth-order valence-electron chi connectivity index (χ4n) is 2.90. The molecular weight excluding hydrogens is 328 g/mol. The van der Waals surface area contributed by atoms with E-state index in [1.807, 2.05) is 12.1 Å². The quantitative estimate of drug-likeness (QED) is 0.479. The Labute approximate surface area is 156 Å². The van der Waals surface area contributed by atoms with Crippen LogP contribution in [0.25, 0.3) is 10.8 Å². The number of fused-ring (bicyclic) bond motifs is 1. The minimum absolute atomic E-state index is 0.276. The summed E-state index contributed by atoms with van der Waals surface area (Å²) in [6.45, 7) is 1.97. The summed E-state index contributed by atoms with van der Waals surface area (Å²) in [6.07, 6.45) is 8.06. The first-order chi connectivity index (χ1) is 12.8. The molecular formula is C22H32O4. The van der Waals surface area contributed by atoms with Crippen molar-refractivity contribution in [2.45, 2.75) is 51.4 Å². The molecule has 144 valence electrons. The van der Waals surface area contributed by atoms with Gasteiger partial charge in [-0.15, -0.1) is 0 Å². The van der Waals surface area contributed by atoms with Gasteiger partial charge in [0.05, 0.1) is 13.2 Å². The fourth-order valence-corrected chi connectivity index (χ4v) is 2.90. The topological polar surface area (TPSA) is 58.9 Å². The van der Waals surface area contributed by atoms with Gasteiger partial charge in [-0.1, -0.05) is 25.0 Å². The lowest BCUT2D eigenvalue weighted by Crippen LogP contribution is -1.98. The maximum absolute atomic E-state index is 8.78. The first-order valence-electron chi connectivity index (χ1n) is 9.84. The second kappa shape index (κ2) is 12.6. The van der Waals surface area contributed by atoms with Crippen LogP contribution in [-0.4, -0.2) is 36.6 Å². The molecule has 0 unspecified atom stereocenters. The van der Waals surface area contributed by atoms with E-state index in [9.17, 15) is 0 Å². The Bertz CT molecular complexity index is 576. The molecule has 2 aromatic rings. The highest BCUT2D eigenvalue weighted by Crippen LogP contribution is 2.25. The molecule has 0 atom stereocenters. The van der Waals surface area contributed by atoms with Crippen LogP contribution in [0.15, 0.2) is 36.4 Å². The van der Waals surface area contributed by atoms with Crippen molar-refractivity contribution in [3.8, 4) is 11.5 Å². The number of hydrogen-bond acceptors (Lipinski definition) is 4. The van der Waals surface area contributed by atoms with E-state index in [4.69, 9.17) is 19.7 Å². The summed E-state index contributed by atoms with van der Waals surface area (Å²) < 4.78 is 11.7. The minimum atomic E-state index is 0.276. The largest absolute Gasteiger partial charge is 0.494 e. The van der Waals surface area contributed by atoms with Gasteiger partial charge in [0.2, 0.25) is 0 Å². The van der Waals surface area contributed by atoms with Gasteiger partial charge in [0, 0.05) is 13.2 Å². The lowest BCUT2D eigenvalue weighted by Gasteiger charge is -2.10. The van der Waals surface area contributed by atoms with Crippen LogP contribution in [0.5, 0.6) is 11.5 Å². The molecule has 2 N–H and O–H groups in total. The lowest BCUT2D eigenvalue weighted by atomic mass is 10.1. The molecule has 26 heavy (non-hydrogen) atoms. The van der Waals surface area contributed by atoms with Gasteiger partial charge >= 0.3 is 0 Å². The van der Waals surface area contributed by atoms with Gasteiger partial charge in [0.15, 0.2) is 0 Å². The number of hydrogen-bond donors (Lipinski definition) is 2. The third-order valence-electron chi connectivity index (χ3n) is 4.43. The molecule has 0 aromatic heterocycles. The average Bonchev–Trinajstić information content (AvgIpc) is 2.67. The van der Waals surface area contributed by atoms with Crippen LogP contribution in [0.2, 0.25) is 0 Å². The highest BCUT2D eigenvalue weighted by atomic mass is 16.5. The molecule has 0 spiro atoms. The Hall–Kier alpha value is -1.78. The third kappa shape index (κ3) is 7.63. The van der Waals surface area contributed by atoms with Crippen LogP contribution >= 0.6 is 0 Å². The summed E-state index contributed by atoms with van der Waals surface area (Å²) >= 11 is 0. The average molecular weight is 360 g/mol. The Morgan fingerprint density at radius 1 is 0.538 bits per heavy atom. The van der Waals surface area contributed by atoms with E-state index in [0.29, 0.717) is 13.2 Å². The molecule has 2 aromatic carbocycles. The standard InChI is InChI=1S/C22H32O4/c23-13-5-1-3-7-15-25-21-11-9-19-10-12-22(18-20(19)17-21)26-16-8-4-2-6-14-24/h9-12,17-18,23-24H,1-8,13-16H2. The van der Waals surface area contributed by atoms with Crippen LogP contribution in [0, 0.1) is 0 Å². The van der Waals surface area contributed by atoms with Crippen LogP contribution in [0.3, 0.4) is 0 Å². The van der Waals surface area contributed by atoms with Crippen molar-refractivity contribution in [3.63, 3.8) is 0 Å². The number of aliphatic hydroxyl groups excluding tert-OH is 2. The van der Waals surface area contributed by atoms with E-state index in [2.05, 4.69) is 24.3 Å². The fraction of sp³-hybridized carbons (Fsp3) is 0.545. The maximum atomic E-state index is 8.78. The zero-order valence-corrected chi connectivity index (χ0v) is 15.7. The Morgan fingerprint density at radius 3 is 1.46 bits per heavy atom. The monoisotopic (exact) mass is 360 g/mol. The van der Waals surface area contributed by atoms with Crippen molar-refractivity contribution in [1.29, 1.82) is 0 Å². The summed E-state index contributed by atoms with van der Waals surface area (Å²) in [7, 11) is 0. The molecule has 0 aliphatic carbocycles. The molecule has 0 bridgehead atoms. The molecule has 0 heterocycles. The van der Waals surface area contributed by atoms with Gasteiger partial charge in [-0.05, 0) is 73.6 Å². The summed E-state index contributed by atoms with van der Waals surface area (Å²) in [6, 6.07) is 12.3. The van der Waals surface area contributed by atoms with Crippen LogP contribution < -0.4 is 9.47 Å². The van der Waals surface area contributed by atoms with Crippen molar-refractivity contribution in [3.05, 3.63) is 36.4 Å². The zero-order chi connectivity index (χ0) is 18.5. The van der Waals surface area contributed by atoms with Gasteiger partial charge in [0.25, 0.3) is 0 Å². The van der Waals surface area contributed by atoms with Gasteiger partial charge in [-0.3, -0.25) is 0 Å². The highest BCUT2D eigenvalue weighted by molar-refractivity contribution is 5.85. The predicted octanol–water partition coefficient (Wildman–Crippen LogP) is 4.70. The normalized spacial score (nSPS) is 11.0. The Kier molecular flexibility index (Phi) is 9.91. The number of ether oxygens (including phenoxy) is 2. The van der Waals surface area contributed by atoms with Gasteiger partial charge in [-0.25, -0.2) is 0 Å². The smallest absolute Gasteiger partial charge is 0.119 e. The van der Waals surface area contributed by atoms with E-state index in [-0.39, 0.29) is 13.2 Å². The number of benzene rings is 2. The van der Waals surface area contributed by atoms with E-state index in [1.54, 1.807) is 0 Å². The van der Waals surface area contributed by atoms with Crippen molar-refractivity contribution in [2.24, 2.45) is 0 Å². The number of unbranched alkanes of at least 4 members (excludes halogenated alkanes) is 6. The van der Waals surface area contributed by atoms with E-state index in [0.717, 1.165) is 68.3 Å². The van der Waals surface area contributed by atoms with Gasteiger partial charge in [0.1, 0.15) is 11.5 Å². The molecule has 0 aliphatic rings. The van der Waals surface area contributed by atoms with E-state index in [1.165, 1.54) is 5.39 Å². The Balaban J connectivity index is 1.79. The maximum Gasteiger partial charge on any atom is 0.119 e. The first-order valence-corrected chi connectivity index (χ1v) is 9.84. The molecule has 0 saturated carbocycles. The molecule has 0 fully saturated rings. The van der Waals surface area contributed by atoms with E-state index >= 15 is 0 Å². The third-order valence-corrected chi connectivity index (χ3v) is 4.43. The van der Waals surface area contributed by atoms with Crippen molar-refractivity contribution in [1.82, 2.24) is 0 Å². The molecule has 0 saturated heterocycles. The molecule has 0 radical (unpaired) electrons. The van der Waals surface area contributed by atoms with Crippen molar-refractivity contribution in [2.75, 3.05) is 26.4 Å². The van der Waals surface area contributed by atoms with Crippen LogP contribution in [0.1, 0.15) is 51.4 Å². The zero-order valence-electron chi connectivity index (χ0n) is 15.7.